The Labute approximate surface area is 190 Å². The zero-order valence-electron chi connectivity index (χ0n) is 18.5. The second-order valence-electron chi connectivity index (χ2n) is 7.74. The van der Waals surface area contributed by atoms with Crippen LogP contribution in [0.1, 0.15) is 16.7 Å². The molecule has 0 saturated carbocycles. The molecular weight excluding hydrogens is 434 g/mol. The second-order valence-corrected chi connectivity index (χ2v) is 8.14. The fourth-order valence-corrected chi connectivity index (χ4v) is 3.26. The first-order valence-corrected chi connectivity index (χ1v) is 10.2. The van der Waals surface area contributed by atoms with Crippen LogP contribution in [-0.2, 0) is 6.42 Å². The van der Waals surface area contributed by atoms with E-state index in [4.69, 9.17) is 20.8 Å². The first-order valence-electron chi connectivity index (χ1n) is 9.79. The fraction of sp³-hybridized carbons (Fsp3) is 0.261. The third kappa shape index (κ3) is 5.03. The number of aryl methyl sites for hydroxylation is 1. The van der Waals surface area contributed by atoms with Crippen LogP contribution >= 0.6 is 11.6 Å². The van der Waals surface area contributed by atoms with E-state index < -0.39 is 11.7 Å². The van der Waals surface area contributed by atoms with Crippen LogP contribution in [0.3, 0.4) is 0 Å². The summed E-state index contributed by atoms with van der Waals surface area (Å²) in [5.41, 5.74) is 2.42. The standard InChI is InChI=1S/C23H24ClN3O5/c1-13-16-11-18(24)20(32-23(30)27(4)5)12-19(16)31-21(28)17(13)10-14-7-6-8-15(9-14)25-22(29)26(2)3/h6-9,11-12H,10H2,1-5H3,(H,25,29). The van der Waals surface area contributed by atoms with Crippen LogP contribution < -0.4 is 15.7 Å². The van der Waals surface area contributed by atoms with Crippen molar-refractivity contribution in [3.05, 3.63) is 68.5 Å². The molecule has 0 bridgehead atoms. The zero-order chi connectivity index (χ0) is 23.6. The van der Waals surface area contributed by atoms with Crippen LogP contribution in [0.25, 0.3) is 11.0 Å². The fourth-order valence-electron chi connectivity index (χ4n) is 3.06. The van der Waals surface area contributed by atoms with Gasteiger partial charge in [-0.3, -0.25) is 0 Å². The van der Waals surface area contributed by atoms with Crippen LogP contribution in [0.4, 0.5) is 15.3 Å². The first-order chi connectivity index (χ1) is 15.1. The Balaban J connectivity index is 1.96. The molecule has 1 N–H and O–H groups in total. The molecule has 3 aromatic rings. The summed E-state index contributed by atoms with van der Waals surface area (Å²) in [6.45, 7) is 1.81. The highest BCUT2D eigenvalue weighted by molar-refractivity contribution is 6.33. The van der Waals surface area contributed by atoms with Gasteiger partial charge in [0.15, 0.2) is 5.75 Å². The van der Waals surface area contributed by atoms with E-state index in [1.54, 1.807) is 52.5 Å². The number of urea groups is 1. The SMILES string of the molecule is Cc1c(Cc2cccc(NC(=O)N(C)C)c2)c(=O)oc2cc(OC(=O)N(C)C)c(Cl)cc12. The number of halogens is 1. The number of carbonyl (C=O) groups excluding carboxylic acids is 2. The van der Waals surface area contributed by atoms with E-state index in [1.807, 2.05) is 13.0 Å². The van der Waals surface area contributed by atoms with Gasteiger partial charge in [-0.1, -0.05) is 23.7 Å². The highest BCUT2D eigenvalue weighted by atomic mass is 35.5. The zero-order valence-corrected chi connectivity index (χ0v) is 19.2. The number of rotatable bonds is 4. The van der Waals surface area contributed by atoms with E-state index >= 15 is 0 Å². The maximum Gasteiger partial charge on any atom is 0.414 e. The molecule has 0 aliphatic carbocycles. The summed E-state index contributed by atoms with van der Waals surface area (Å²) in [5.74, 6) is 0.109. The minimum atomic E-state index is -0.594. The molecule has 0 atom stereocenters. The van der Waals surface area contributed by atoms with Gasteiger partial charge in [0.05, 0.1) is 5.02 Å². The Bertz CT molecular complexity index is 1250. The van der Waals surface area contributed by atoms with Crippen molar-refractivity contribution in [1.82, 2.24) is 9.80 Å². The van der Waals surface area contributed by atoms with Gasteiger partial charge >= 0.3 is 17.7 Å². The van der Waals surface area contributed by atoms with E-state index in [0.717, 1.165) is 5.56 Å². The number of fused-ring (bicyclic) bond motifs is 1. The highest BCUT2D eigenvalue weighted by Gasteiger charge is 2.17. The van der Waals surface area contributed by atoms with E-state index in [-0.39, 0.29) is 22.4 Å². The number of ether oxygens (including phenoxy) is 1. The number of anilines is 1. The molecule has 0 radical (unpaired) electrons. The summed E-state index contributed by atoms with van der Waals surface area (Å²) in [6.07, 6.45) is -0.284. The van der Waals surface area contributed by atoms with E-state index in [1.165, 1.54) is 15.9 Å². The molecular formula is C23H24ClN3O5. The van der Waals surface area contributed by atoms with Gasteiger partial charge in [0.1, 0.15) is 5.58 Å². The predicted octanol–water partition coefficient (Wildman–Crippen LogP) is 4.50. The van der Waals surface area contributed by atoms with Crippen LogP contribution in [0, 0.1) is 6.92 Å². The molecule has 8 nitrogen and oxygen atoms in total. The quantitative estimate of drug-likeness (QED) is 0.582. The maximum atomic E-state index is 12.7. The molecule has 168 valence electrons. The lowest BCUT2D eigenvalue weighted by Gasteiger charge is -2.14. The smallest absolute Gasteiger partial charge is 0.414 e. The molecule has 0 aliphatic rings. The molecule has 0 aliphatic heterocycles. The molecule has 0 saturated heterocycles. The van der Waals surface area contributed by atoms with Crippen LogP contribution in [-0.4, -0.2) is 50.1 Å². The van der Waals surface area contributed by atoms with E-state index in [0.29, 0.717) is 28.6 Å². The summed E-state index contributed by atoms with van der Waals surface area (Å²) >= 11 is 6.31. The number of hydrogen-bond donors (Lipinski definition) is 1. The molecule has 1 aromatic heterocycles. The minimum Gasteiger partial charge on any atom is -0.422 e. The molecule has 32 heavy (non-hydrogen) atoms. The molecule has 0 spiro atoms. The number of hydrogen-bond acceptors (Lipinski definition) is 5. The first kappa shape index (κ1) is 23.1. The van der Waals surface area contributed by atoms with Gasteiger partial charge in [-0.05, 0) is 36.2 Å². The van der Waals surface area contributed by atoms with E-state index in [9.17, 15) is 14.4 Å². The van der Waals surface area contributed by atoms with Crippen LogP contribution in [0.2, 0.25) is 5.02 Å². The topological polar surface area (TPSA) is 92.1 Å². The van der Waals surface area contributed by atoms with Gasteiger partial charge in [0, 0.05) is 57.3 Å². The van der Waals surface area contributed by atoms with Gasteiger partial charge in [0.25, 0.3) is 0 Å². The molecule has 1 heterocycles. The third-order valence-corrected chi connectivity index (χ3v) is 5.16. The highest BCUT2D eigenvalue weighted by Crippen LogP contribution is 2.32. The van der Waals surface area contributed by atoms with E-state index in [2.05, 4.69) is 5.32 Å². The predicted molar refractivity (Wildman–Crippen MR) is 124 cm³/mol. The lowest BCUT2D eigenvalue weighted by Crippen LogP contribution is -2.27. The molecule has 3 amide bonds. The average molecular weight is 458 g/mol. The van der Waals surface area contributed by atoms with Gasteiger partial charge in [0.2, 0.25) is 0 Å². The Morgan fingerprint density at radius 2 is 1.81 bits per heavy atom. The Morgan fingerprint density at radius 1 is 1.09 bits per heavy atom. The van der Waals surface area contributed by atoms with Crippen LogP contribution in [0.5, 0.6) is 5.75 Å². The second kappa shape index (κ2) is 9.32. The Hall–Kier alpha value is -3.52. The molecule has 2 aromatic carbocycles. The van der Waals surface area contributed by atoms with Crippen LogP contribution in [0.15, 0.2) is 45.6 Å². The Morgan fingerprint density at radius 3 is 2.47 bits per heavy atom. The molecule has 0 fully saturated rings. The Kier molecular flexibility index (Phi) is 6.74. The number of nitrogens with zero attached hydrogens (tertiary/aromatic N) is 2. The largest absolute Gasteiger partial charge is 0.422 e. The van der Waals surface area contributed by atoms with Crippen molar-refractivity contribution in [2.24, 2.45) is 0 Å². The summed E-state index contributed by atoms with van der Waals surface area (Å²) in [4.78, 5) is 39.2. The van der Waals surface area contributed by atoms with Crippen molar-refractivity contribution in [3.63, 3.8) is 0 Å². The van der Waals surface area contributed by atoms with Crippen molar-refractivity contribution in [2.75, 3.05) is 33.5 Å². The molecule has 0 unspecified atom stereocenters. The molecule has 3 rings (SSSR count). The van der Waals surface area contributed by atoms with Gasteiger partial charge in [-0.2, -0.15) is 0 Å². The summed E-state index contributed by atoms with van der Waals surface area (Å²) in [6, 6.07) is 10.1. The lowest BCUT2D eigenvalue weighted by molar-refractivity contribution is 0.172. The number of nitrogens with one attached hydrogen (secondary N) is 1. The van der Waals surface area contributed by atoms with Gasteiger partial charge in [-0.15, -0.1) is 0 Å². The maximum absolute atomic E-state index is 12.7. The van der Waals surface area contributed by atoms with Crippen molar-refractivity contribution in [3.8, 4) is 5.75 Å². The number of amides is 3. The normalized spacial score (nSPS) is 10.7. The monoisotopic (exact) mass is 457 g/mol. The van der Waals surface area contributed by atoms with Crippen molar-refractivity contribution < 1.29 is 18.7 Å². The summed E-state index contributed by atoms with van der Waals surface area (Å²) < 4.78 is 10.8. The van der Waals surface area contributed by atoms with Crippen molar-refractivity contribution in [1.29, 1.82) is 0 Å². The summed E-state index contributed by atoms with van der Waals surface area (Å²) in [7, 11) is 6.41. The number of carbonyl (C=O) groups is 2. The third-order valence-electron chi connectivity index (χ3n) is 4.87. The van der Waals surface area contributed by atoms with Gasteiger partial charge in [-0.25, -0.2) is 14.4 Å². The minimum absolute atomic E-state index is 0.109. The summed E-state index contributed by atoms with van der Waals surface area (Å²) in [5, 5.41) is 3.66. The lowest BCUT2D eigenvalue weighted by atomic mass is 9.99. The molecule has 9 heteroatoms. The van der Waals surface area contributed by atoms with Crippen molar-refractivity contribution >= 4 is 40.4 Å². The van der Waals surface area contributed by atoms with Gasteiger partial charge < -0.3 is 24.3 Å². The average Bonchev–Trinajstić information content (AvgIpc) is 2.72. The number of benzene rings is 2. The van der Waals surface area contributed by atoms with Crippen molar-refractivity contribution in [2.45, 2.75) is 13.3 Å².